The number of hydrogen-bond donors (Lipinski definition) is 0. The highest BCUT2D eigenvalue weighted by molar-refractivity contribution is 5.53. The summed E-state index contributed by atoms with van der Waals surface area (Å²) in [6.07, 6.45) is 0. The van der Waals surface area contributed by atoms with Gasteiger partial charge in [-0.25, -0.2) is 4.98 Å². The highest BCUT2D eigenvalue weighted by Crippen LogP contribution is 2.13. The van der Waals surface area contributed by atoms with E-state index in [1.54, 1.807) is 20.3 Å². The van der Waals surface area contributed by atoms with Crippen molar-refractivity contribution in [2.75, 3.05) is 14.2 Å². The molecule has 0 spiro atoms. The van der Waals surface area contributed by atoms with E-state index in [0.29, 0.717) is 17.3 Å². The zero-order valence-corrected chi connectivity index (χ0v) is 7.20. The molecule has 3 nitrogen and oxygen atoms in total. The van der Waals surface area contributed by atoms with Crippen molar-refractivity contribution in [2.45, 2.75) is 0 Å². The Hall–Kier alpha value is -1.51. The minimum absolute atomic E-state index is 0.536. The zero-order chi connectivity index (χ0) is 8.97. The molecule has 1 aromatic rings. The van der Waals surface area contributed by atoms with Gasteiger partial charge in [-0.1, -0.05) is 12.6 Å². The van der Waals surface area contributed by atoms with Gasteiger partial charge < -0.3 is 9.47 Å². The lowest BCUT2D eigenvalue weighted by Gasteiger charge is -2.04. The van der Waals surface area contributed by atoms with Crippen LogP contribution in [0.4, 0.5) is 0 Å². The van der Waals surface area contributed by atoms with Gasteiger partial charge in [0.2, 0.25) is 5.88 Å². The lowest BCUT2D eigenvalue weighted by atomic mass is 10.3. The second-order valence-corrected chi connectivity index (χ2v) is 2.19. The molecule has 0 saturated heterocycles. The van der Waals surface area contributed by atoms with Crippen molar-refractivity contribution in [2.24, 2.45) is 0 Å². The lowest BCUT2D eigenvalue weighted by Crippen LogP contribution is -1.93. The number of pyridine rings is 1. The van der Waals surface area contributed by atoms with E-state index in [2.05, 4.69) is 11.6 Å². The number of rotatable bonds is 3. The normalized spacial score (nSPS) is 9.17. The zero-order valence-electron chi connectivity index (χ0n) is 7.20. The Morgan fingerprint density at radius 3 is 2.75 bits per heavy atom. The van der Waals surface area contributed by atoms with E-state index in [0.717, 1.165) is 0 Å². The van der Waals surface area contributed by atoms with E-state index in [1.165, 1.54) is 0 Å². The lowest BCUT2D eigenvalue weighted by molar-refractivity contribution is 0.365. The van der Waals surface area contributed by atoms with Crippen LogP contribution in [0.2, 0.25) is 0 Å². The highest BCUT2D eigenvalue weighted by Gasteiger charge is 2.00. The van der Waals surface area contributed by atoms with Crippen LogP contribution >= 0.6 is 0 Å². The first-order chi connectivity index (χ1) is 5.77. The molecule has 0 bridgehead atoms. The minimum Gasteiger partial charge on any atom is -0.495 e. The Labute approximate surface area is 71.6 Å². The van der Waals surface area contributed by atoms with Crippen molar-refractivity contribution < 1.29 is 9.47 Å². The summed E-state index contributed by atoms with van der Waals surface area (Å²) in [6, 6.07) is 5.42. The topological polar surface area (TPSA) is 31.4 Å². The molecule has 0 unspecified atom stereocenters. The van der Waals surface area contributed by atoms with Gasteiger partial charge in [0.25, 0.3) is 0 Å². The molecule has 0 aliphatic rings. The Kier molecular flexibility index (Phi) is 2.69. The number of ether oxygens (including phenoxy) is 2. The van der Waals surface area contributed by atoms with Crippen LogP contribution in [0.25, 0.3) is 5.76 Å². The van der Waals surface area contributed by atoms with Crippen LogP contribution in [0.15, 0.2) is 24.8 Å². The minimum atomic E-state index is 0.536. The van der Waals surface area contributed by atoms with E-state index < -0.39 is 0 Å². The molecule has 3 heteroatoms. The number of nitrogens with zero attached hydrogens (tertiary/aromatic N) is 1. The maximum absolute atomic E-state index is 4.94. The summed E-state index contributed by atoms with van der Waals surface area (Å²) < 4.78 is 9.86. The summed E-state index contributed by atoms with van der Waals surface area (Å²) in [6.45, 7) is 3.68. The Bertz CT molecular complexity index is 284. The number of hydrogen-bond acceptors (Lipinski definition) is 3. The van der Waals surface area contributed by atoms with Crippen LogP contribution in [0.1, 0.15) is 5.69 Å². The smallest absolute Gasteiger partial charge is 0.213 e. The van der Waals surface area contributed by atoms with E-state index in [-0.39, 0.29) is 0 Å². The molecule has 0 fully saturated rings. The Morgan fingerprint density at radius 1 is 1.42 bits per heavy atom. The molecule has 0 saturated carbocycles. The summed E-state index contributed by atoms with van der Waals surface area (Å²) in [4.78, 5) is 4.12. The van der Waals surface area contributed by atoms with Gasteiger partial charge in [-0.05, 0) is 6.07 Å². The van der Waals surface area contributed by atoms with Gasteiger partial charge in [0, 0.05) is 6.07 Å². The summed E-state index contributed by atoms with van der Waals surface area (Å²) >= 11 is 0. The van der Waals surface area contributed by atoms with E-state index in [4.69, 9.17) is 9.47 Å². The van der Waals surface area contributed by atoms with Gasteiger partial charge >= 0.3 is 0 Å². The van der Waals surface area contributed by atoms with E-state index >= 15 is 0 Å². The number of methoxy groups -OCH3 is 2. The number of aromatic nitrogens is 1. The molecule has 12 heavy (non-hydrogen) atoms. The predicted molar refractivity (Wildman–Crippen MR) is 46.8 cm³/mol. The fourth-order valence-electron chi connectivity index (χ4n) is 0.788. The molecular weight excluding hydrogens is 154 g/mol. The standard InChI is InChI=1S/C9H11NO2/c1-7(11-2)8-5-4-6-9(10-8)12-3/h4-6H,1H2,2-3H3. The summed E-state index contributed by atoms with van der Waals surface area (Å²) in [5.41, 5.74) is 0.692. The summed E-state index contributed by atoms with van der Waals surface area (Å²) in [5, 5.41) is 0. The third-order valence-corrected chi connectivity index (χ3v) is 1.46. The summed E-state index contributed by atoms with van der Waals surface area (Å²) in [7, 11) is 3.13. The van der Waals surface area contributed by atoms with E-state index in [1.807, 2.05) is 12.1 Å². The van der Waals surface area contributed by atoms with Gasteiger partial charge in [0.15, 0.2) is 0 Å². The molecule has 0 aromatic carbocycles. The fraction of sp³-hybridized carbons (Fsp3) is 0.222. The average Bonchev–Trinajstić information content (AvgIpc) is 2.17. The molecular formula is C9H11NO2. The quantitative estimate of drug-likeness (QED) is 0.639. The van der Waals surface area contributed by atoms with Gasteiger partial charge in [-0.3, -0.25) is 0 Å². The third kappa shape index (κ3) is 1.75. The average molecular weight is 165 g/mol. The highest BCUT2D eigenvalue weighted by atomic mass is 16.5. The maximum Gasteiger partial charge on any atom is 0.213 e. The molecule has 1 aromatic heterocycles. The second kappa shape index (κ2) is 3.76. The van der Waals surface area contributed by atoms with Crippen LogP contribution in [-0.2, 0) is 4.74 Å². The molecule has 0 N–H and O–H groups in total. The molecule has 0 amide bonds. The molecule has 64 valence electrons. The van der Waals surface area contributed by atoms with Crippen molar-refractivity contribution in [1.29, 1.82) is 0 Å². The first-order valence-corrected chi connectivity index (χ1v) is 3.52. The van der Waals surface area contributed by atoms with Crippen molar-refractivity contribution in [1.82, 2.24) is 4.98 Å². The van der Waals surface area contributed by atoms with Crippen molar-refractivity contribution in [3.05, 3.63) is 30.5 Å². The summed E-state index contributed by atoms with van der Waals surface area (Å²) in [5.74, 6) is 1.10. The van der Waals surface area contributed by atoms with Crippen LogP contribution in [0, 0.1) is 0 Å². The third-order valence-electron chi connectivity index (χ3n) is 1.46. The SMILES string of the molecule is C=C(OC)c1cccc(OC)n1. The molecule has 0 atom stereocenters. The second-order valence-electron chi connectivity index (χ2n) is 2.19. The van der Waals surface area contributed by atoms with Crippen LogP contribution < -0.4 is 4.74 Å². The van der Waals surface area contributed by atoms with Crippen LogP contribution in [0.3, 0.4) is 0 Å². The monoisotopic (exact) mass is 165 g/mol. The maximum atomic E-state index is 4.94. The molecule has 0 aliphatic heterocycles. The molecule has 0 radical (unpaired) electrons. The molecule has 1 heterocycles. The van der Waals surface area contributed by atoms with Crippen molar-refractivity contribution >= 4 is 5.76 Å². The van der Waals surface area contributed by atoms with Gasteiger partial charge in [0.05, 0.1) is 14.2 Å². The Balaban J connectivity index is 2.93. The van der Waals surface area contributed by atoms with Crippen molar-refractivity contribution in [3.8, 4) is 5.88 Å². The Morgan fingerprint density at radius 2 is 2.17 bits per heavy atom. The van der Waals surface area contributed by atoms with Crippen LogP contribution in [-0.4, -0.2) is 19.2 Å². The molecule has 0 aliphatic carbocycles. The van der Waals surface area contributed by atoms with Crippen LogP contribution in [0.5, 0.6) is 5.88 Å². The first kappa shape index (κ1) is 8.59. The molecule has 1 rings (SSSR count). The van der Waals surface area contributed by atoms with Gasteiger partial charge in [-0.15, -0.1) is 0 Å². The van der Waals surface area contributed by atoms with Gasteiger partial charge in [-0.2, -0.15) is 0 Å². The first-order valence-electron chi connectivity index (χ1n) is 3.52. The fourth-order valence-corrected chi connectivity index (χ4v) is 0.788. The predicted octanol–water partition coefficient (Wildman–Crippen LogP) is 1.71. The van der Waals surface area contributed by atoms with Crippen molar-refractivity contribution in [3.63, 3.8) is 0 Å². The largest absolute Gasteiger partial charge is 0.495 e. The van der Waals surface area contributed by atoms with Gasteiger partial charge in [0.1, 0.15) is 11.5 Å². The van der Waals surface area contributed by atoms with E-state index in [9.17, 15) is 0 Å².